The number of allylic oxidation sites excluding steroid dienone is 1. The number of amides is 2. The molecule has 7 nitrogen and oxygen atoms in total. The quantitative estimate of drug-likeness (QED) is 0.503. The van der Waals surface area contributed by atoms with Crippen LogP contribution in [0.25, 0.3) is 6.08 Å². The van der Waals surface area contributed by atoms with E-state index < -0.39 is 11.0 Å². The molecule has 0 atom stereocenters. The Morgan fingerprint density at radius 2 is 1.78 bits per heavy atom. The summed E-state index contributed by atoms with van der Waals surface area (Å²) in [6.45, 7) is 0. The fourth-order valence-corrected chi connectivity index (χ4v) is 1.89. The van der Waals surface area contributed by atoms with Gasteiger partial charge in [-0.2, -0.15) is 5.10 Å². The average molecular weight is 310 g/mol. The maximum atomic E-state index is 11.0. The van der Waals surface area contributed by atoms with Crippen LogP contribution in [-0.2, 0) is 0 Å². The number of nitro groups is 1. The molecular weight excluding hydrogens is 296 g/mol. The highest BCUT2D eigenvalue weighted by Crippen LogP contribution is 2.19. The van der Waals surface area contributed by atoms with Crippen molar-refractivity contribution in [2.45, 2.75) is 0 Å². The van der Waals surface area contributed by atoms with Crippen LogP contribution in [0.4, 0.5) is 10.5 Å². The van der Waals surface area contributed by atoms with Gasteiger partial charge in [0, 0.05) is 11.6 Å². The number of nitrogens with zero attached hydrogens (tertiary/aromatic N) is 2. The van der Waals surface area contributed by atoms with Crippen LogP contribution in [0.3, 0.4) is 0 Å². The molecule has 3 N–H and O–H groups in total. The lowest BCUT2D eigenvalue weighted by atomic mass is 10.1. The van der Waals surface area contributed by atoms with Gasteiger partial charge in [-0.15, -0.1) is 0 Å². The topological polar surface area (TPSA) is 111 Å². The van der Waals surface area contributed by atoms with Crippen LogP contribution in [0.1, 0.15) is 11.1 Å². The van der Waals surface area contributed by atoms with Gasteiger partial charge in [0.2, 0.25) is 0 Å². The SMILES string of the molecule is NC(=O)NN=C(C=Cc1ccccc1[N+](=O)[O-])c1ccccc1. The summed E-state index contributed by atoms with van der Waals surface area (Å²) in [5.74, 6) is 0. The maximum absolute atomic E-state index is 11.0. The van der Waals surface area contributed by atoms with Gasteiger partial charge in [-0.3, -0.25) is 10.1 Å². The van der Waals surface area contributed by atoms with Crippen molar-refractivity contribution in [3.05, 3.63) is 81.9 Å². The highest BCUT2D eigenvalue weighted by Gasteiger charge is 2.10. The number of carbonyl (C=O) groups excluding carboxylic acids is 1. The van der Waals surface area contributed by atoms with E-state index in [0.717, 1.165) is 5.56 Å². The van der Waals surface area contributed by atoms with Crippen LogP contribution in [0.2, 0.25) is 0 Å². The van der Waals surface area contributed by atoms with Gasteiger partial charge < -0.3 is 5.73 Å². The Morgan fingerprint density at radius 3 is 2.43 bits per heavy atom. The summed E-state index contributed by atoms with van der Waals surface area (Å²) in [4.78, 5) is 21.4. The lowest BCUT2D eigenvalue weighted by molar-refractivity contribution is -0.385. The van der Waals surface area contributed by atoms with Gasteiger partial charge in [0.1, 0.15) is 0 Å². The molecule has 0 unspecified atom stereocenters. The smallest absolute Gasteiger partial charge is 0.332 e. The van der Waals surface area contributed by atoms with Crippen molar-refractivity contribution in [3.8, 4) is 0 Å². The predicted molar refractivity (Wildman–Crippen MR) is 87.8 cm³/mol. The number of hydrazone groups is 1. The van der Waals surface area contributed by atoms with E-state index in [4.69, 9.17) is 5.73 Å². The van der Waals surface area contributed by atoms with Gasteiger partial charge >= 0.3 is 6.03 Å². The number of primary amides is 1. The van der Waals surface area contributed by atoms with Gasteiger partial charge in [0.25, 0.3) is 5.69 Å². The van der Waals surface area contributed by atoms with Gasteiger partial charge in [-0.25, -0.2) is 10.2 Å². The summed E-state index contributed by atoms with van der Waals surface area (Å²) < 4.78 is 0. The Hall–Kier alpha value is -3.48. The lowest BCUT2D eigenvalue weighted by Crippen LogP contribution is -2.25. The van der Waals surface area contributed by atoms with E-state index in [0.29, 0.717) is 11.3 Å². The first kappa shape index (κ1) is 15.9. The number of hydrogen-bond acceptors (Lipinski definition) is 4. The second-order valence-corrected chi connectivity index (χ2v) is 4.49. The number of rotatable bonds is 5. The molecule has 23 heavy (non-hydrogen) atoms. The van der Waals surface area contributed by atoms with Crippen molar-refractivity contribution in [1.82, 2.24) is 5.43 Å². The van der Waals surface area contributed by atoms with E-state index in [1.165, 1.54) is 6.07 Å². The van der Waals surface area contributed by atoms with Gasteiger partial charge in [0.05, 0.1) is 16.2 Å². The summed E-state index contributed by atoms with van der Waals surface area (Å²) in [6.07, 6.45) is 3.14. The molecule has 0 radical (unpaired) electrons. The minimum Gasteiger partial charge on any atom is -0.350 e. The lowest BCUT2D eigenvalue weighted by Gasteiger charge is -2.02. The molecule has 0 aromatic heterocycles. The Bertz CT molecular complexity index is 770. The second-order valence-electron chi connectivity index (χ2n) is 4.49. The van der Waals surface area contributed by atoms with Gasteiger partial charge in [0.15, 0.2) is 0 Å². The zero-order chi connectivity index (χ0) is 16.7. The summed E-state index contributed by atoms with van der Waals surface area (Å²) in [6, 6.07) is 14.6. The Morgan fingerprint density at radius 1 is 1.13 bits per heavy atom. The van der Waals surface area contributed by atoms with Crippen molar-refractivity contribution in [1.29, 1.82) is 0 Å². The number of nitro benzene ring substituents is 1. The van der Waals surface area contributed by atoms with Gasteiger partial charge in [-0.05, 0) is 18.2 Å². The van der Waals surface area contributed by atoms with E-state index >= 15 is 0 Å². The molecule has 0 aliphatic carbocycles. The molecule has 7 heteroatoms. The molecule has 0 bridgehead atoms. The zero-order valence-corrected chi connectivity index (χ0v) is 12.0. The zero-order valence-electron chi connectivity index (χ0n) is 12.0. The first-order chi connectivity index (χ1) is 11.1. The number of nitrogens with two attached hydrogens (primary N) is 1. The van der Waals surface area contributed by atoms with E-state index in [9.17, 15) is 14.9 Å². The van der Waals surface area contributed by atoms with E-state index in [1.807, 2.05) is 18.2 Å². The molecule has 0 aliphatic heterocycles. The second kappa shape index (κ2) is 7.51. The average Bonchev–Trinajstić information content (AvgIpc) is 2.55. The number of nitrogens with one attached hydrogen (secondary N) is 1. The molecule has 0 aliphatic rings. The molecule has 0 heterocycles. The van der Waals surface area contributed by atoms with Gasteiger partial charge in [-0.1, -0.05) is 42.5 Å². The summed E-state index contributed by atoms with van der Waals surface area (Å²) in [5.41, 5.74) is 8.75. The number of para-hydroxylation sites is 1. The number of hydrogen-bond donors (Lipinski definition) is 2. The van der Waals surface area contributed by atoms with Crippen LogP contribution in [-0.4, -0.2) is 16.7 Å². The van der Waals surface area contributed by atoms with Crippen LogP contribution in [0, 0.1) is 10.1 Å². The Kier molecular flexibility index (Phi) is 5.19. The van der Waals surface area contributed by atoms with Crippen molar-refractivity contribution in [3.63, 3.8) is 0 Å². The third-order valence-electron chi connectivity index (χ3n) is 2.91. The summed E-state index contributed by atoms with van der Waals surface area (Å²) in [7, 11) is 0. The molecular formula is C16H14N4O3. The highest BCUT2D eigenvalue weighted by atomic mass is 16.6. The molecule has 0 saturated carbocycles. The normalized spacial score (nSPS) is 11.4. The van der Waals surface area contributed by atoms with Crippen molar-refractivity contribution < 1.29 is 9.72 Å². The van der Waals surface area contributed by atoms with Crippen molar-refractivity contribution >= 4 is 23.5 Å². The largest absolute Gasteiger partial charge is 0.350 e. The molecule has 2 aromatic rings. The predicted octanol–water partition coefficient (Wildman–Crippen LogP) is 2.68. The van der Waals surface area contributed by atoms with Crippen LogP contribution >= 0.6 is 0 Å². The van der Waals surface area contributed by atoms with E-state index in [2.05, 4.69) is 10.5 Å². The number of urea groups is 1. The minimum atomic E-state index is -0.794. The monoisotopic (exact) mass is 310 g/mol. The Balaban J connectivity index is 2.37. The van der Waals surface area contributed by atoms with Crippen LogP contribution in [0.15, 0.2) is 65.8 Å². The molecule has 0 saturated heterocycles. The van der Waals surface area contributed by atoms with Crippen molar-refractivity contribution in [2.75, 3.05) is 0 Å². The summed E-state index contributed by atoms with van der Waals surface area (Å²) in [5, 5.41) is 14.9. The van der Waals surface area contributed by atoms with E-state index in [-0.39, 0.29) is 5.69 Å². The highest BCUT2D eigenvalue weighted by molar-refractivity contribution is 6.11. The molecule has 2 aromatic carbocycles. The van der Waals surface area contributed by atoms with Crippen LogP contribution in [0.5, 0.6) is 0 Å². The third kappa shape index (κ3) is 4.50. The molecule has 2 rings (SSSR count). The number of benzene rings is 2. The fraction of sp³-hybridized carbons (Fsp3) is 0. The fourth-order valence-electron chi connectivity index (χ4n) is 1.89. The maximum Gasteiger partial charge on any atom is 0.332 e. The van der Waals surface area contributed by atoms with E-state index in [1.54, 1.807) is 42.5 Å². The first-order valence-electron chi connectivity index (χ1n) is 6.68. The summed E-state index contributed by atoms with van der Waals surface area (Å²) >= 11 is 0. The standard InChI is InChI=1S/C16H14N4O3/c17-16(21)19-18-14(12-6-2-1-3-7-12)11-10-13-8-4-5-9-15(13)20(22)23/h1-11H,(H3,17,19,21). The molecule has 0 spiro atoms. The molecule has 0 fully saturated rings. The minimum absolute atomic E-state index is 0.0148. The molecule has 116 valence electrons. The van der Waals surface area contributed by atoms with Crippen LogP contribution < -0.4 is 11.2 Å². The molecule has 2 amide bonds. The third-order valence-corrected chi connectivity index (χ3v) is 2.91. The Labute approximate surface area is 132 Å². The van der Waals surface area contributed by atoms with Crippen molar-refractivity contribution in [2.24, 2.45) is 10.8 Å². The number of carbonyl (C=O) groups is 1. The first-order valence-corrected chi connectivity index (χ1v) is 6.68.